The predicted molar refractivity (Wildman–Crippen MR) is 113 cm³/mol. The number of rotatable bonds is 5. The van der Waals surface area contributed by atoms with Crippen LogP contribution in [0.5, 0.6) is 0 Å². The highest BCUT2D eigenvalue weighted by Crippen LogP contribution is 2.44. The summed E-state index contributed by atoms with van der Waals surface area (Å²) in [6.45, 7) is 12.2. The normalized spacial score (nSPS) is 20.1. The SMILES string of the molecule is CC(C)C1CC[C@@H](C)c2c(C(=O)NC(CO)C(C)(C)C)nn(-c3c[n+]([O-])ccn3)c21. The molecule has 0 aromatic carbocycles. The van der Waals surface area contributed by atoms with E-state index in [0.29, 0.717) is 22.2 Å². The molecule has 2 aromatic heterocycles. The van der Waals surface area contributed by atoms with E-state index >= 15 is 0 Å². The van der Waals surface area contributed by atoms with Crippen LogP contribution in [0.4, 0.5) is 0 Å². The minimum absolute atomic E-state index is 0.154. The molecule has 0 radical (unpaired) electrons. The first-order chi connectivity index (χ1) is 14.0. The molecule has 1 amide bonds. The van der Waals surface area contributed by atoms with Crippen LogP contribution >= 0.6 is 0 Å². The lowest BCUT2D eigenvalue weighted by atomic mass is 9.75. The molecule has 3 atom stereocenters. The molecule has 3 rings (SSSR count). The van der Waals surface area contributed by atoms with Crippen LogP contribution in [0.15, 0.2) is 18.6 Å². The van der Waals surface area contributed by atoms with Crippen LogP contribution in [0.3, 0.4) is 0 Å². The Labute approximate surface area is 177 Å². The van der Waals surface area contributed by atoms with E-state index in [-0.39, 0.29) is 29.8 Å². The Kier molecular flexibility index (Phi) is 6.17. The van der Waals surface area contributed by atoms with Crippen LogP contribution in [-0.4, -0.2) is 38.4 Å². The first-order valence-corrected chi connectivity index (χ1v) is 10.6. The van der Waals surface area contributed by atoms with Crippen molar-refractivity contribution in [1.82, 2.24) is 20.1 Å². The first-order valence-electron chi connectivity index (χ1n) is 10.6. The molecule has 0 bridgehead atoms. The van der Waals surface area contributed by atoms with Crippen LogP contribution in [-0.2, 0) is 0 Å². The molecule has 0 saturated carbocycles. The van der Waals surface area contributed by atoms with Crippen molar-refractivity contribution >= 4 is 5.91 Å². The van der Waals surface area contributed by atoms with E-state index in [1.165, 1.54) is 18.6 Å². The lowest BCUT2D eigenvalue weighted by Crippen LogP contribution is -2.46. The number of carbonyl (C=O) groups is 1. The average Bonchev–Trinajstić information content (AvgIpc) is 3.06. The summed E-state index contributed by atoms with van der Waals surface area (Å²) in [6.07, 6.45) is 6.09. The topological polar surface area (TPSA) is 107 Å². The molecule has 8 nitrogen and oxygen atoms in total. The zero-order chi connectivity index (χ0) is 22.2. The second-order valence-electron chi connectivity index (χ2n) is 9.74. The van der Waals surface area contributed by atoms with Gasteiger partial charge in [-0.1, -0.05) is 41.5 Å². The standard InChI is InChI=1S/C22H33N5O3/c1-13(2)15-8-7-14(3)18-19(21(29)24-16(12-28)22(4,5)6)25-27(20(15)18)17-11-26(30)10-9-23-17/h9-11,13-16,28H,7-8,12H2,1-6H3,(H,24,29)/t14-,15?,16?/m1/s1. The summed E-state index contributed by atoms with van der Waals surface area (Å²) >= 11 is 0. The summed E-state index contributed by atoms with van der Waals surface area (Å²) in [7, 11) is 0. The molecule has 8 heteroatoms. The second-order valence-corrected chi connectivity index (χ2v) is 9.74. The number of fused-ring (bicyclic) bond motifs is 1. The molecule has 1 aliphatic carbocycles. The van der Waals surface area contributed by atoms with Gasteiger partial charge in [-0.05, 0) is 30.1 Å². The zero-order valence-electron chi connectivity index (χ0n) is 18.7. The third kappa shape index (κ3) is 4.19. The van der Waals surface area contributed by atoms with Crippen LogP contribution in [0.2, 0.25) is 0 Å². The summed E-state index contributed by atoms with van der Waals surface area (Å²) in [5.41, 5.74) is 1.94. The minimum Gasteiger partial charge on any atom is -0.619 e. The quantitative estimate of drug-likeness (QED) is 0.577. The molecule has 2 aromatic rings. The van der Waals surface area contributed by atoms with Gasteiger partial charge in [0.05, 0.1) is 24.5 Å². The largest absolute Gasteiger partial charge is 0.619 e. The fourth-order valence-electron chi connectivity index (χ4n) is 4.23. The number of nitrogens with zero attached hydrogens (tertiary/aromatic N) is 4. The summed E-state index contributed by atoms with van der Waals surface area (Å²) in [5.74, 6) is 0.821. The van der Waals surface area contributed by atoms with Crippen LogP contribution in [0.25, 0.3) is 5.82 Å². The minimum atomic E-state index is -0.399. The van der Waals surface area contributed by atoms with Gasteiger partial charge in [0, 0.05) is 11.5 Å². The first kappa shape index (κ1) is 22.2. The predicted octanol–water partition coefficient (Wildman–Crippen LogP) is 2.67. The highest BCUT2D eigenvalue weighted by atomic mass is 16.5. The van der Waals surface area contributed by atoms with E-state index in [1.54, 1.807) is 4.68 Å². The molecule has 0 spiro atoms. The summed E-state index contributed by atoms with van der Waals surface area (Å²) in [5, 5.41) is 29.3. The van der Waals surface area contributed by atoms with E-state index in [0.717, 1.165) is 24.1 Å². The van der Waals surface area contributed by atoms with Crippen molar-refractivity contribution in [3.63, 3.8) is 0 Å². The Balaban J connectivity index is 2.15. The van der Waals surface area contributed by atoms with Gasteiger partial charge in [-0.25, -0.2) is 9.67 Å². The molecule has 30 heavy (non-hydrogen) atoms. The van der Waals surface area contributed by atoms with Gasteiger partial charge in [0.15, 0.2) is 11.9 Å². The van der Waals surface area contributed by atoms with Gasteiger partial charge in [0.2, 0.25) is 12.0 Å². The van der Waals surface area contributed by atoms with Gasteiger partial charge in [-0.3, -0.25) is 4.79 Å². The molecule has 164 valence electrons. The fourth-order valence-corrected chi connectivity index (χ4v) is 4.23. The van der Waals surface area contributed by atoms with Crippen LogP contribution in [0.1, 0.15) is 88.0 Å². The maximum atomic E-state index is 13.3. The van der Waals surface area contributed by atoms with Gasteiger partial charge in [0.25, 0.3) is 5.91 Å². The summed E-state index contributed by atoms with van der Waals surface area (Å²) in [6, 6.07) is -0.399. The van der Waals surface area contributed by atoms with Gasteiger partial charge in [-0.15, -0.1) is 0 Å². The number of amides is 1. The molecule has 1 aliphatic rings. The molecule has 2 N–H and O–H groups in total. The van der Waals surface area contributed by atoms with Crippen molar-refractivity contribution < 1.29 is 14.6 Å². The van der Waals surface area contributed by atoms with Gasteiger partial charge in [-0.2, -0.15) is 9.83 Å². The maximum Gasteiger partial charge on any atom is 0.272 e. The van der Waals surface area contributed by atoms with Crippen molar-refractivity contribution in [3.8, 4) is 5.82 Å². The Hall–Kier alpha value is -2.48. The number of carbonyl (C=O) groups excluding carboxylic acids is 1. The Morgan fingerprint density at radius 3 is 2.67 bits per heavy atom. The van der Waals surface area contributed by atoms with Gasteiger partial charge in [0.1, 0.15) is 0 Å². The number of aliphatic hydroxyl groups excluding tert-OH is 1. The summed E-state index contributed by atoms with van der Waals surface area (Å²) < 4.78 is 2.36. The molecular weight excluding hydrogens is 382 g/mol. The van der Waals surface area contributed by atoms with Gasteiger partial charge < -0.3 is 15.6 Å². The van der Waals surface area contributed by atoms with Crippen molar-refractivity contribution in [2.24, 2.45) is 11.3 Å². The number of hydrogen-bond donors (Lipinski definition) is 2. The number of aromatic nitrogens is 4. The molecule has 2 unspecified atom stereocenters. The van der Waals surface area contributed by atoms with E-state index in [2.05, 4.69) is 36.2 Å². The maximum absolute atomic E-state index is 13.3. The zero-order valence-corrected chi connectivity index (χ0v) is 18.7. The molecule has 0 fully saturated rings. The van der Waals surface area contributed by atoms with E-state index in [9.17, 15) is 15.1 Å². The molecule has 2 heterocycles. The third-order valence-electron chi connectivity index (χ3n) is 6.15. The van der Waals surface area contributed by atoms with E-state index in [1.807, 2.05) is 20.8 Å². The Morgan fingerprint density at radius 2 is 2.10 bits per heavy atom. The fraction of sp³-hybridized carbons (Fsp3) is 0.636. The van der Waals surface area contributed by atoms with Crippen molar-refractivity contribution in [2.45, 2.75) is 72.3 Å². The average molecular weight is 416 g/mol. The second kappa shape index (κ2) is 8.34. The number of aliphatic hydroxyl groups is 1. The number of hydrogen-bond acceptors (Lipinski definition) is 5. The smallest absolute Gasteiger partial charge is 0.272 e. The highest BCUT2D eigenvalue weighted by molar-refractivity contribution is 5.94. The van der Waals surface area contributed by atoms with Crippen molar-refractivity contribution in [1.29, 1.82) is 0 Å². The van der Waals surface area contributed by atoms with Crippen LogP contribution in [0, 0.1) is 16.5 Å². The third-order valence-corrected chi connectivity index (χ3v) is 6.15. The van der Waals surface area contributed by atoms with E-state index in [4.69, 9.17) is 0 Å². The van der Waals surface area contributed by atoms with Crippen molar-refractivity contribution in [3.05, 3.63) is 40.7 Å². The Morgan fingerprint density at radius 1 is 1.40 bits per heavy atom. The summed E-state index contributed by atoms with van der Waals surface area (Å²) in [4.78, 5) is 17.6. The highest BCUT2D eigenvalue weighted by Gasteiger charge is 2.38. The lowest BCUT2D eigenvalue weighted by Gasteiger charge is -2.31. The van der Waals surface area contributed by atoms with Crippen LogP contribution < -0.4 is 10.0 Å². The Bertz CT molecular complexity index is 916. The van der Waals surface area contributed by atoms with E-state index < -0.39 is 6.04 Å². The number of nitrogens with one attached hydrogen (secondary N) is 1. The lowest BCUT2D eigenvalue weighted by molar-refractivity contribution is -0.605. The van der Waals surface area contributed by atoms with Gasteiger partial charge >= 0.3 is 0 Å². The van der Waals surface area contributed by atoms with Crippen molar-refractivity contribution in [2.75, 3.05) is 6.61 Å². The molecular formula is C22H33N5O3. The monoisotopic (exact) mass is 415 g/mol. The molecule has 0 saturated heterocycles. The molecule has 0 aliphatic heterocycles.